The number of H-pyrrole nitrogens is 1. The number of aromatic amines is 1. The van der Waals surface area contributed by atoms with Crippen molar-refractivity contribution in [1.82, 2.24) is 19.9 Å². The SMILES string of the molecule is CC(=O)c1c[nH]c(C(=O)NC(c2ccccc2)c2nccn2C)c1. The lowest BCUT2D eigenvalue weighted by atomic mass is 10.1. The highest BCUT2D eigenvalue weighted by molar-refractivity contribution is 5.99. The van der Waals surface area contributed by atoms with Gasteiger partial charge in [0.1, 0.15) is 17.6 Å². The molecule has 0 radical (unpaired) electrons. The molecule has 6 heteroatoms. The average molecular weight is 322 g/mol. The largest absolute Gasteiger partial charge is 0.356 e. The zero-order chi connectivity index (χ0) is 17.1. The third-order valence-electron chi connectivity index (χ3n) is 3.86. The lowest BCUT2D eigenvalue weighted by Gasteiger charge is -2.18. The number of Topliss-reactive ketones (excluding diaryl/α,β-unsaturated/α-hetero) is 1. The van der Waals surface area contributed by atoms with E-state index in [1.165, 1.54) is 13.1 Å². The van der Waals surface area contributed by atoms with Crippen LogP contribution in [0.3, 0.4) is 0 Å². The number of imidazole rings is 1. The number of aromatic nitrogens is 3. The molecule has 6 nitrogen and oxygen atoms in total. The number of aryl methyl sites for hydroxylation is 1. The van der Waals surface area contributed by atoms with E-state index in [2.05, 4.69) is 15.3 Å². The van der Waals surface area contributed by atoms with E-state index in [0.29, 0.717) is 11.3 Å². The predicted molar refractivity (Wildman–Crippen MR) is 89.8 cm³/mol. The van der Waals surface area contributed by atoms with Gasteiger partial charge < -0.3 is 14.9 Å². The number of ketones is 1. The molecule has 1 amide bonds. The Balaban J connectivity index is 1.90. The van der Waals surface area contributed by atoms with Gasteiger partial charge in [0.05, 0.1) is 0 Å². The molecule has 2 aromatic heterocycles. The van der Waals surface area contributed by atoms with Crippen LogP contribution in [0.4, 0.5) is 0 Å². The van der Waals surface area contributed by atoms with Gasteiger partial charge in [0, 0.05) is 31.2 Å². The molecule has 0 fully saturated rings. The fourth-order valence-corrected chi connectivity index (χ4v) is 2.54. The number of nitrogens with one attached hydrogen (secondary N) is 2. The Morgan fingerprint density at radius 3 is 2.58 bits per heavy atom. The summed E-state index contributed by atoms with van der Waals surface area (Å²) in [6, 6.07) is 10.8. The lowest BCUT2D eigenvalue weighted by molar-refractivity contribution is 0.0936. The summed E-state index contributed by atoms with van der Waals surface area (Å²) in [6.45, 7) is 1.46. The van der Waals surface area contributed by atoms with Crippen LogP contribution in [0.2, 0.25) is 0 Å². The number of nitrogens with zero attached hydrogens (tertiary/aromatic N) is 2. The first-order valence-corrected chi connectivity index (χ1v) is 7.58. The van der Waals surface area contributed by atoms with E-state index in [4.69, 9.17) is 0 Å². The monoisotopic (exact) mass is 322 g/mol. The molecule has 2 heterocycles. The van der Waals surface area contributed by atoms with Gasteiger partial charge in [-0.2, -0.15) is 0 Å². The summed E-state index contributed by atoms with van der Waals surface area (Å²) in [5, 5.41) is 2.98. The first-order chi connectivity index (χ1) is 11.6. The third-order valence-corrected chi connectivity index (χ3v) is 3.86. The molecule has 0 saturated carbocycles. The van der Waals surface area contributed by atoms with Crippen LogP contribution < -0.4 is 5.32 Å². The Labute approximate surface area is 139 Å². The molecular weight excluding hydrogens is 304 g/mol. The molecule has 3 rings (SSSR count). The standard InChI is InChI=1S/C18H18N4O2/c1-12(23)14-10-15(20-11-14)18(24)21-16(13-6-4-3-5-7-13)17-19-8-9-22(17)2/h3-11,16,20H,1-2H3,(H,21,24). The number of hydrogen-bond donors (Lipinski definition) is 2. The van der Waals surface area contributed by atoms with Crippen molar-refractivity contribution in [3.63, 3.8) is 0 Å². The van der Waals surface area contributed by atoms with Gasteiger partial charge in [-0.05, 0) is 18.6 Å². The van der Waals surface area contributed by atoms with Crippen molar-refractivity contribution in [3.05, 3.63) is 77.6 Å². The molecule has 24 heavy (non-hydrogen) atoms. The van der Waals surface area contributed by atoms with Gasteiger partial charge in [0.25, 0.3) is 5.91 Å². The quantitative estimate of drug-likeness (QED) is 0.708. The van der Waals surface area contributed by atoms with E-state index in [1.54, 1.807) is 12.3 Å². The second kappa shape index (κ2) is 6.54. The highest BCUT2D eigenvalue weighted by Gasteiger charge is 2.22. The van der Waals surface area contributed by atoms with E-state index in [1.807, 2.05) is 48.1 Å². The van der Waals surface area contributed by atoms with Crippen LogP contribution in [-0.2, 0) is 7.05 Å². The number of rotatable bonds is 5. The summed E-state index contributed by atoms with van der Waals surface area (Å²) in [4.78, 5) is 31.2. The van der Waals surface area contributed by atoms with Crippen molar-refractivity contribution in [1.29, 1.82) is 0 Å². The first kappa shape index (κ1) is 15.7. The van der Waals surface area contributed by atoms with Gasteiger partial charge in [-0.3, -0.25) is 9.59 Å². The Morgan fingerprint density at radius 1 is 1.25 bits per heavy atom. The van der Waals surface area contributed by atoms with Gasteiger partial charge in [-0.15, -0.1) is 0 Å². The second-order valence-corrected chi connectivity index (χ2v) is 5.57. The van der Waals surface area contributed by atoms with E-state index < -0.39 is 0 Å². The van der Waals surface area contributed by atoms with Crippen LogP contribution in [0.25, 0.3) is 0 Å². The molecule has 0 saturated heterocycles. The van der Waals surface area contributed by atoms with Crippen molar-refractivity contribution in [2.24, 2.45) is 7.05 Å². The summed E-state index contributed by atoms with van der Waals surface area (Å²) in [7, 11) is 1.88. The van der Waals surface area contributed by atoms with Crippen LogP contribution in [0.1, 0.15) is 45.2 Å². The van der Waals surface area contributed by atoms with Crippen molar-refractivity contribution in [2.45, 2.75) is 13.0 Å². The van der Waals surface area contributed by atoms with Crippen LogP contribution in [0, 0.1) is 0 Å². The van der Waals surface area contributed by atoms with E-state index in [0.717, 1.165) is 11.4 Å². The maximum Gasteiger partial charge on any atom is 0.268 e. The summed E-state index contributed by atoms with van der Waals surface area (Å²) in [6.07, 6.45) is 5.06. The Hall–Kier alpha value is -3.15. The number of amides is 1. The molecule has 2 N–H and O–H groups in total. The fraction of sp³-hybridized carbons (Fsp3) is 0.167. The topological polar surface area (TPSA) is 79.8 Å². The molecule has 1 unspecified atom stereocenters. The molecule has 1 atom stereocenters. The summed E-state index contributed by atoms with van der Waals surface area (Å²) >= 11 is 0. The smallest absolute Gasteiger partial charge is 0.268 e. The highest BCUT2D eigenvalue weighted by Crippen LogP contribution is 2.20. The van der Waals surface area contributed by atoms with Gasteiger partial charge in [-0.1, -0.05) is 30.3 Å². The number of carbonyl (C=O) groups is 2. The molecule has 0 bridgehead atoms. The Morgan fingerprint density at radius 2 is 2.00 bits per heavy atom. The van der Waals surface area contributed by atoms with E-state index in [9.17, 15) is 9.59 Å². The van der Waals surface area contributed by atoms with E-state index in [-0.39, 0.29) is 17.7 Å². The van der Waals surface area contributed by atoms with Crippen molar-refractivity contribution in [2.75, 3.05) is 0 Å². The molecule has 122 valence electrons. The lowest BCUT2D eigenvalue weighted by Crippen LogP contribution is -2.31. The number of carbonyl (C=O) groups excluding carboxylic acids is 2. The fourth-order valence-electron chi connectivity index (χ4n) is 2.54. The molecule has 0 aliphatic heterocycles. The minimum Gasteiger partial charge on any atom is -0.356 e. The second-order valence-electron chi connectivity index (χ2n) is 5.57. The van der Waals surface area contributed by atoms with Crippen molar-refractivity contribution >= 4 is 11.7 Å². The third kappa shape index (κ3) is 3.12. The van der Waals surface area contributed by atoms with Gasteiger partial charge in [0.2, 0.25) is 0 Å². The van der Waals surface area contributed by atoms with Crippen LogP contribution >= 0.6 is 0 Å². The maximum atomic E-state index is 12.6. The van der Waals surface area contributed by atoms with Gasteiger partial charge in [0.15, 0.2) is 5.78 Å². The molecule has 0 aliphatic carbocycles. The van der Waals surface area contributed by atoms with Crippen molar-refractivity contribution < 1.29 is 9.59 Å². The van der Waals surface area contributed by atoms with Crippen LogP contribution in [-0.4, -0.2) is 26.2 Å². The van der Waals surface area contributed by atoms with Gasteiger partial charge >= 0.3 is 0 Å². The summed E-state index contributed by atoms with van der Waals surface area (Å²) in [5.41, 5.74) is 1.75. The minimum absolute atomic E-state index is 0.0889. The molecule has 0 aliphatic rings. The number of hydrogen-bond acceptors (Lipinski definition) is 3. The zero-order valence-electron chi connectivity index (χ0n) is 13.5. The first-order valence-electron chi connectivity index (χ1n) is 7.58. The van der Waals surface area contributed by atoms with Crippen LogP contribution in [0.5, 0.6) is 0 Å². The maximum absolute atomic E-state index is 12.6. The van der Waals surface area contributed by atoms with Gasteiger partial charge in [-0.25, -0.2) is 4.98 Å². The molecule has 1 aromatic carbocycles. The van der Waals surface area contributed by atoms with Crippen LogP contribution in [0.15, 0.2) is 55.0 Å². The number of benzene rings is 1. The highest BCUT2D eigenvalue weighted by atomic mass is 16.2. The normalized spacial score (nSPS) is 11.9. The zero-order valence-corrected chi connectivity index (χ0v) is 13.5. The molecule has 3 aromatic rings. The summed E-state index contributed by atoms with van der Waals surface area (Å²) in [5.74, 6) is 0.348. The minimum atomic E-state index is -0.386. The summed E-state index contributed by atoms with van der Waals surface area (Å²) < 4.78 is 1.87. The molecular formula is C18H18N4O2. The Kier molecular flexibility index (Phi) is 4.29. The molecule has 0 spiro atoms. The average Bonchev–Trinajstić information content (AvgIpc) is 3.22. The Bertz CT molecular complexity index is 864. The predicted octanol–water partition coefficient (Wildman–Crippen LogP) is 2.47. The van der Waals surface area contributed by atoms with Crippen molar-refractivity contribution in [3.8, 4) is 0 Å². The van der Waals surface area contributed by atoms with E-state index >= 15 is 0 Å².